The molecule has 1 aromatic heterocycles. The molecule has 0 aliphatic rings. The molecule has 358 valence electrons. The van der Waals surface area contributed by atoms with Crippen LogP contribution in [0.2, 0.25) is 0 Å². The van der Waals surface area contributed by atoms with Gasteiger partial charge in [0.2, 0.25) is 0 Å². The van der Waals surface area contributed by atoms with E-state index in [1.165, 1.54) is 63.4 Å². The summed E-state index contributed by atoms with van der Waals surface area (Å²) >= 11 is 0. The molecule has 2 N–H and O–H groups in total. The Kier molecular flexibility index (Phi) is 12.9. The highest BCUT2D eigenvalue weighted by molar-refractivity contribution is 7.20. The van der Waals surface area contributed by atoms with Gasteiger partial charge in [0.05, 0.1) is 11.0 Å². The molecule has 12 rings (SSSR count). The fourth-order valence-electron chi connectivity index (χ4n) is 11.5. The van der Waals surface area contributed by atoms with E-state index in [0.717, 1.165) is 22.2 Å². The first-order valence-electron chi connectivity index (χ1n) is 25.6. The predicted molar refractivity (Wildman–Crippen MR) is 322 cm³/mol. The summed E-state index contributed by atoms with van der Waals surface area (Å²) in [5.74, 6) is 0.951. The Morgan fingerprint density at radius 2 is 0.693 bits per heavy atom. The van der Waals surface area contributed by atoms with Gasteiger partial charge >= 0.3 is 0 Å². The third-order valence-corrected chi connectivity index (χ3v) is 24.4. The topological polar surface area (TPSA) is 55.7 Å². The molecule has 0 saturated heterocycles. The number of hydrogen-bond donors (Lipinski definition) is 1. The van der Waals surface area contributed by atoms with Crippen LogP contribution in [0, 0.1) is 0 Å². The molecular formula is C69H54N4Si2. The first-order chi connectivity index (χ1) is 37.1. The molecular weight excluding hydrogens is 941 g/mol. The van der Waals surface area contributed by atoms with E-state index < -0.39 is 16.1 Å². The molecule has 0 spiro atoms. The average molecular weight is 995 g/mol. The molecule has 6 heteroatoms. The molecule has 1 heterocycles. The minimum atomic E-state index is -2.92. The molecule has 4 nitrogen and oxygen atoms in total. The fraction of sp³-hybridized carbons (Fsp3) is 0.0145. The highest BCUT2D eigenvalue weighted by Crippen LogP contribution is 2.33. The summed E-state index contributed by atoms with van der Waals surface area (Å²) in [5, 5.41) is 12.5. The maximum absolute atomic E-state index is 7.45. The summed E-state index contributed by atoms with van der Waals surface area (Å²) in [7, 11) is -5.80. The second-order valence-electron chi connectivity index (χ2n) is 19.0. The van der Waals surface area contributed by atoms with Gasteiger partial charge in [-0.25, -0.2) is 9.98 Å². The van der Waals surface area contributed by atoms with Crippen LogP contribution in [-0.4, -0.2) is 32.4 Å². The van der Waals surface area contributed by atoms with Crippen molar-refractivity contribution in [2.75, 3.05) is 0 Å². The lowest BCUT2D eigenvalue weighted by Crippen LogP contribution is -2.74. The van der Waals surface area contributed by atoms with Gasteiger partial charge in [-0.15, -0.1) is 0 Å². The van der Waals surface area contributed by atoms with Gasteiger partial charge in [-0.2, -0.15) is 0 Å². The molecule has 0 radical (unpaired) electrons. The van der Waals surface area contributed by atoms with Crippen LogP contribution in [0.3, 0.4) is 0 Å². The van der Waals surface area contributed by atoms with E-state index >= 15 is 0 Å². The van der Waals surface area contributed by atoms with Crippen molar-refractivity contribution in [2.24, 2.45) is 15.7 Å². The molecule has 0 atom stereocenters. The lowest BCUT2D eigenvalue weighted by molar-refractivity contribution is 0.791. The summed E-state index contributed by atoms with van der Waals surface area (Å²) in [4.78, 5) is 11.0. The van der Waals surface area contributed by atoms with Gasteiger partial charge in [0.1, 0.15) is 12.5 Å². The first-order valence-corrected chi connectivity index (χ1v) is 29.6. The van der Waals surface area contributed by atoms with Crippen molar-refractivity contribution in [3.63, 3.8) is 0 Å². The van der Waals surface area contributed by atoms with Gasteiger partial charge in [0, 0.05) is 21.9 Å². The first kappa shape index (κ1) is 46.8. The number of rotatable bonds is 13. The van der Waals surface area contributed by atoms with Crippen molar-refractivity contribution in [3.8, 4) is 11.1 Å². The van der Waals surface area contributed by atoms with Gasteiger partial charge < -0.3 is 10.3 Å². The number of para-hydroxylation sites is 1. The number of aromatic nitrogens is 1. The second kappa shape index (κ2) is 20.7. The normalized spacial score (nSPS) is 12.3. The molecule has 11 aromatic carbocycles. The smallest absolute Gasteiger partial charge is 0.179 e. The third-order valence-electron chi connectivity index (χ3n) is 14.9. The second-order valence-corrected chi connectivity index (χ2v) is 26.6. The zero-order chi connectivity index (χ0) is 50.4. The Bertz CT molecular complexity index is 3760. The van der Waals surface area contributed by atoms with Gasteiger partial charge in [-0.1, -0.05) is 285 Å². The minimum Gasteiger partial charge on any atom is -0.383 e. The zero-order valence-corrected chi connectivity index (χ0v) is 43.5. The Morgan fingerprint density at radius 1 is 0.320 bits per heavy atom. The summed E-state index contributed by atoms with van der Waals surface area (Å²) in [6.45, 7) is 0.315. The lowest BCUT2D eigenvalue weighted by atomic mass is 10.0. The van der Waals surface area contributed by atoms with Crippen LogP contribution < -0.4 is 47.2 Å². The Morgan fingerprint density at radius 3 is 1.16 bits per heavy atom. The molecule has 0 unspecified atom stereocenters. The summed E-state index contributed by atoms with van der Waals surface area (Å²) < 4.78 is 2.31. The number of aliphatic imine (C=N–C) groups is 2. The standard InChI is InChI=1S/C69H54N4Si2/c70-68(54-28-24-42-62(48-54)74(56-30-10-2-11-31-56,57-32-12-3-13-33-57)58-34-14-4-15-35-58)72-69(71-51-73-66-45-23-22-44-64(66)65-50-53(46-47-67(65)73)52-26-8-1-9-27-52)55-29-25-43-63(49-55)75(59-36-16-5-17-37-59,60-38-18-6-19-39-60)61-40-20-7-21-41-61/h1-50H,51H2,(H2,70,71,72). The van der Waals surface area contributed by atoms with E-state index in [0.29, 0.717) is 18.3 Å². The van der Waals surface area contributed by atoms with Crippen LogP contribution >= 0.6 is 0 Å². The summed E-state index contributed by atoms with van der Waals surface area (Å²) in [5.41, 5.74) is 13.7. The van der Waals surface area contributed by atoms with Crippen molar-refractivity contribution in [1.82, 2.24) is 4.57 Å². The molecule has 0 aliphatic heterocycles. The van der Waals surface area contributed by atoms with Crippen molar-refractivity contribution in [2.45, 2.75) is 6.67 Å². The van der Waals surface area contributed by atoms with Crippen molar-refractivity contribution in [3.05, 3.63) is 314 Å². The van der Waals surface area contributed by atoms with Crippen molar-refractivity contribution >= 4 is 91.1 Å². The van der Waals surface area contributed by atoms with E-state index in [4.69, 9.17) is 15.7 Å². The van der Waals surface area contributed by atoms with E-state index in [1.807, 2.05) is 0 Å². The van der Waals surface area contributed by atoms with Crippen LogP contribution in [0.1, 0.15) is 11.1 Å². The molecule has 0 bridgehead atoms. The molecule has 0 fully saturated rings. The zero-order valence-electron chi connectivity index (χ0n) is 41.5. The molecule has 0 aliphatic carbocycles. The minimum absolute atomic E-state index is 0.315. The van der Waals surface area contributed by atoms with Gasteiger partial charge in [-0.3, -0.25) is 0 Å². The van der Waals surface area contributed by atoms with Crippen LogP contribution in [-0.2, 0) is 6.67 Å². The number of nitrogens with two attached hydrogens (primary N) is 1. The molecule has 12 aromatic rings. The molecule has 75 heavy (non-hydrogen) atoms. The number of benzene rings is 11. The van der Waals surface area contributed by atoms with Crippen LogP contribution in [0.15, 0.2) is 313 Å². The van der Waals surface area contributed by atoms with E-state index in [9.17, 15) is 0 Å². The number of nitrogens with zero attached hydrogens (tertiary/aromatic N) is 3. The quantitative estimate of drug-likeness (QED) is 0.0532. The average Bonchev–Trinajstić information content (AvgIpc) is 3.84. The summed E-state index contributed by atoms with van der Waals surface area (Å²) in [6, 6.07) is 110. The predicted octanol–water partition coefficient (Wildman–Crippen LogP) is 10.0. The van der Waals surface area contributed by atoms with Crippen molar-refractivity contribution < 1.29 is 0 Å². The Balaban J connectivity index is 1.06. The van der Waals surface area contributed by atoms with Crippen LogP contribution in [0.5, 0.6) is 0 Å². The van der Waals surface area contributed by atoms with Gasteiger partial charge in [-0.05, 0) is 70.8 Å². The van der Waals surface area contributed by atoms with Crippen LogP contribution in [0.4, 0.5) is 0 Å². The molecule has 0 saturated carbocycles. The van der Waals surface area contributed by atoms with Crippen LogP contribution in [0.25, 0.3) is 32.9 Å². The number of hydrogen-bond acceptors (Lipinski definition) is 1. The largest absolute Gasteiger partial charge is 0.383 e. The van der Waals surface area contributed by atoms with E-state index in [-0.39, 0.29) is 0 Å². The summed E-state index contributed by atoms with van der Waals surface area (Å²) in [6.07, 6.45) is 0. The van der Waals surface area contributed by atoms with Crippen molar-refractivity contribution in [1.29, 1.82) is 0 Å². The maximum atomic E-state index is 7.45. The number of amidine groups is 2. The number of fused-ring (bicyclic) bond motifs is 3. The lowest BCUT2D eigenvalue weighted by Gasteiger charge is -2.34. The SMILES string of the molecule is NC(=N/C(=N\Cn1c2ccccc2c2cc(-c3ccccc3)ccc21)c1cccc([Si](c2ccccc2)(c2ccccc2)c2ccccc2)c1)c1cccc([Si](c2ccccc2)(c2ccccc2)c2ccccc2)c1. The van der Waals surface area contributed by atoms with E-state index in [1.54, 1.807) is 0 Å². The highest BCUT2D eigenvalue weighted by atomic mass is 28.3. The monoisotopic (exact) mass is 994 g/mol. The fourth-order valence-corrected chi connectivity index (χ4v) is 21.0. The highest BCUT2D eigenvalue weighted by Gasteiger charge is 2.43. The Hall–Kier alpha value is -9.21. The van der Waals surface area contributed by atoms with Gasteiger partial charge in [0.25, 0.3) is 0 Å². The molecule has 0 amide bonds. The Labute approximate surface area is 441 Å². The maximum Gasteiger partial charge on any atom is 0.179 e. The van der Waals surface area contributed by atoms with E-state index in [2.05, 4.69) is 308 Å². The third kappa shape index (κ3) is 8.66. The van der Waals surface area contributed by atoms with Gasteiger partial charge in [0.15, 0.2) is 22.0 Å².